The Bertz CT molecular complexity index is 360. The summed E-state index contributed by atoms with van der Waals surface area (Å²) >= 11 is 0. The number of aliphatic hydroxyl groups excluding tert-OH is 1. The van der Waals surface area contributed by atoms with Crippen LogP contribution in [-0.2, 0) is 34.7 Å². The van der Waals surface area contributed by atoms with Crippen molar-refractivity contribution in [3.63, 3.8) is 0 Å². The predicted octanol–water partition coefficient (Wildman–Crippen LogP) is 1.30. The van der Waals surface area contributed by atoms with Gasteiger partial charge in [-0.05, 0) is 37.5 Å². The van der Waals surface area contributed by atoms with Crippen LogP contribution < -0.4 is 0 Å². The molecule has 2 aliphatic heterocycles. The fourth-order valence-corrected chi connectivity index (χ4v) is 4.36. The third-order valence-corrected chi connectivity index (χ3v) is 6.38. The first-order chi connectivity index (χ1) is 13.2. The van der Waals surface area contributed by atoms with Crippen molar-refractivity contribution < 1.29 is 44.9 Å². The van der Waals surface area contributed by atoms with Crippen molar-refractivity contribution in [2.45, 2.75) is 51.1 Å². The van der Waals surface area contributed by atoms with Gasteiger partial charge in [-0.3, -0.25) is 14.6 Å². The van der Waals surface area contributed by atoms with E-state index >= 15 is 0 Å². The van der Waals surface area contributed by atoms with Crippen LogP contribution in [0.1, 0.15) is 39.0 Å². The molecule has 4 aliphatic rings. The standard InChI is InChI=1S/C10H19NO.C9H17NO2.CH2O2.Pd/c1-2-9-7-10(8-9)11-3-5-12-6-4-11;11-7-8-5-9(6-8)10-1-3-12-4-2-10;2-1-3;/h9-10H,2-8H2,1H3;8-9,11H,1-7H2;1H,(H,2,3);. The van der Waals surface area contributed by atoms with Crippen molar-refractivity contribution in [1.29, 1.82) is 0 Å². The van der Waals surface area contributed by atoms with E-state index in [1.54, 1.807) is 0 Å². The number of aliphatic hydroxyl groups is 1. The van der Waals surface area contributed by atoms with E-state index in [0.29, 0.717) is 12.5 Å². The Morgan fingerprint density at radius 1 is 0.857 bits per heavy atom. The number of hydrogen-bond acceptors (Lipinski definition) is 6. The van der Waals surface area contributed by atoms with Crippen molar-refractivity contribution in [2.75, 3.05) is 59.2 Å². The molecule has 0 unspecified atom stereocenters. The van der Waals surface area contributed by atoms with Crippen LogP contribution in [0.3, 0.4) is 0 Å². The van der Waals surface area contributed by atoms with E-state index in [1.807, 2.05) is 0 Å². The van der Waals surface area contributed by atoms with Gasteiger partial charge in [-0.25, -0.2) is 0 Å². The van der Waals surface area contributed by atoms with E-state index in [2.05, 4.69) is 16.7 Å². The van der Waals surface area contributed by atoms with E-state index in [4.69, 9.17) is 24.5 Å². The second-order valence-electron chi connectivity index (χ2n) is 7.98. The molecule has 0 aromatic carbocycles. The van der Waals surface area contributed by atoms with Gasteiger partial charge in [-0.15, -0.1) is 0 Å². The number of nitrogens with zero attached hydrogens (tertiary/aromatic N) is 2. The summed E-state index contributed by atoms with van der Waals surface area (Å²) in [5.41, 5.74) is 0. The molecule has 168 valence electrons. The summed E-state index contributed by atoms with van der Waals surface area (Å²) in [6, 6.07) is 1.64. The summed E-state index contributed by atoms with van der Waals surface area (Å²) in [5.74, 6) is 1.61. The second-order valence-corrected chi connectivity index (χ2v) is 7.98. The Morgan fingerprint density at radius 3 is 1.54 bits per heavy atom. The van der Waals surface area contributed by atoms with Gasteiger partial charge in [0.25, 0.3) is 6.47 Å². The molecule has 8 heteroatoms. The van der Waals surface area contributed by atoms with Gasteiger partial charge in [0.1, 0.15) is 0 Å². The van der Waals surface area contributed by atoms with Crippen molar-refractivity contribution in [2.24, 2.45) is 11.8 Å². The molecule has 28 heavy (non-hydrogen) atoms. The molecule has 0 aromatic heterocycles. The first-order valence-corrected chi connectivity index (χ1v) is 10.5. The van der Waals surface area contributed by atoms with Gasteiger partial charge in [0, 0.05) is 65.3 Å². The van der Waals surface area contributed by atoms with Crippen LogP contribution in [0.2, 0.25) is 0 Å². The normalized spacial score (nSPS) is 32.8. The van der Waals surface area contributed by atoms with Crippen molar-refractivity contribution in [3.05, 3.63) is 0 Å². The predicted molar refractivity (Wildman–Crippen MR) is 104 cm³/mol. The topological polar surface area (TPSA) is 82.5 Å². The molecule has 2 aliphatic carbocycles. The molecule has 0 aromatic rings. The van der Waals surface area contributed by atoms with Gasteiger partial charge in [-0.2, -0.15) is 0 Å². The quantitative estimate of drug-likeness (QED) is 0.452. The van der Waals surface area contributed by atoms with Crippen LogP contribution >= 0.6 is 0 Å². The molecule has 0 amide bonds. The molecule has 2 saturated carbocycles. The monoisotopic (exact) mass is 492 g/mol. The maximum absolute atomic E-state index is 8.86. The van der Waals surface area contributed by atoms with Crippen LogP contribution in [-0.4, -0.2) is 97.8 Å². The Morgan fingerprint density at radius 2 is 1.21 bits per heavy atom. The number of ether oxygens (including phenoxy) is 2. The average Bonchev–Trinajstić information content (AvgIpc) is 2.63. The van der Waals surface area contributed by atoms with Crippen LogP contribution in [0.15, 0.2) is 0 Å². The van der Waals surface area contributed by atoms with Gasteiger partial charge in [0.15, 0.2) is 0 Å². The minimum Gasteiger partial charge on any atom is -0.483 e. The molecule has 2 heterocycles. The van der Waals surface area contributed by atoms with Crippen molar-refractivity contribution in [1.82, 2.24) is 9.80 Å². The van der Waals surface area contributed by atoms with Crippen LogP contribution in [0.25, 0.3) is 0 Å². The summed E-state index contributed by atoms with van der Waals surface area (Å²) in [7, 11) is 0. The zero-order valence-electron chi connectivity index (χ0n) is 17.1. The minimum absolute atomic E-state index is 0. The summed E-state index contributed by atoms with van der Waals surface area (Å²) in [6.45, 7) is 10.6. The van der Waals surface area contributed by atoms with Crippen molar-refractivity contribution in [3.8, 4) is 0 Å². The number of rotatable bonds is 4. The molecule has 7 nitrogen and oxygen atoms in total. The third-order valence-electron chi connectivity index (χ3n) is 6.38. The molecular formula is C20H38N2O5Pd. The fraction of sp³-hybridized carbons (Fsp3) is 0.950. The molecule has 0 bridgehead atoms. The largest absolute Gasteiger partial charge is 0.483 e. The second kappa shape index (κ2) is 14.8. The first kappa shape index (κ1) is 26.0. The van der Waals surface area contributed by atoms with E-state index in [-0.39, 0.29) is 26.9 Å². The smallest absolute Gasteiger partial charge is 0.290 e. The van der Waals surface area contributed by atoms with Crippen LogP contribution in [0.4, 0.5) is 0 Å². The Balaban J connectivity index is 0.000000239. The number of carboxylic acid groups (broad SMARTS) is 1. The van der Waals surface area contributed by atoms with E-state index in [9.17, 15) is 0 Å². The molecule has 4 rings (SSSR count). The van der Waals surface area contributed by atoms with Gasteiger partial charge < -0.3 is 19.7 Å². The zero-order valence-corrected chi connectivity index (χ0v) is 18.7. The molecule has 4 fully saturated rings. The van der Waals surface area contributed by atoms with E-state index in [1.165, 1.54) is 45.2 Å². The molecule has 0 spiro atoms. The van der Waals surface area contributed by atoms with Gasteiger partial charge in [0.2, 0.25) is 0 Å². The Hall–Kier alpha value is -0.0677. The number of carbonyl (C=O) groups is 1. The maximum Gasteiger partial charge on any atom is 0.290 e. The Labute approximate surface area is 183 Å². The summed E-state index contributed by atoms with van der Waals surface area (Å²) in [5, 5.41) is 15.7. The van der Waals surface area contributed by atoms with E-state index in [0.717, 1.165) is 57.5 Å². The number of hydrogen-bond donors (Lipinski definition) is 2. The molecule has 2 saturated heterocycles. The van der Waals surface area contributed by atoms with Gasteiger partial charge >= 0.3 is 0 Å². The van der Waals surface area contributed by atoms with Crippen molar-refractivity contribution >= 4 is 6.47 Å². The van der Waals surface area contributed by atoms with Gasteiger partial charge in [0.05, 0.1) is 26.4 Å². The molecule has 2 N–H and O–H groups in total. The summed E-state index contributed by atoms with van der Waals surface area (Å²) in [4.78, 5) is 13.5. The zero-order chi connectivity index (χ0) is 19.5. The fourth-order valence-electron chi connectivity index (χ4n) is 4.36. The third kappa shape index (κ3) is 8.35. The van der Waals surface area contributed by atoms with Gasteiger partial charge in [-0.1, -0.05) is 13.3 Å². The van der Waals surface area contributed by atoms with Crippen LogP contribution in [0.5, 0.6) is 0 Å². The maximum atomic E-state index is 8.86. The average molecular weight is 493 g/mol. The van der Waals surface area contributed by atoms with E-state index < -0.39 is 0 Å². The SMILES string of the molecule is CCC1CC(N2CCOCC2)C1.O=CO.OCC1CC(N2CCOCC2)C1.[Pd]. The summed E-state index contributed by atoms with van der Waals surface area (Å²) in [6.07, 6.45) is 6.64. The van der Waals surface area contributed by atoms with Crippen LogP contribution in [0, 0.1) is 11.8 Å². The first-order valence-electron chi connectivity index (χ1n) is 10.5. The minimum atomic E-state index is -0.250. The summed E-state index contributed by atoms with van der Waals surface area (Å²) < 4.78 is 10.6. The molecular weight excluding hydrogens is 455 g/mol. The molecule has 0 radical (unpaired) electrons. The molecule has 0 atom stereocenters. The Kier molecular flexibility index (Phi) is 13.8. The number of morpholine rings is 2.